The van der Waals surface area contributed by atoms with Crippen molar-refractivity contribution >= 4 is 11.9 Å². The molecule has 0 radical (unpaired) electrons. The van der Waals surface area contributed by atoms with Crippen molar-refractivity contribution in [1.82, 2.24) is 9.78 Å². The molecule has 0 amide bonds. The van der Waals surface area contributed by atoms with Crippen LogP contribution >= 0.6 is 0 Å². The van der Waals surface area contributed by atoms with Gasteiger partial charge >= 0.3 is 5.97 Å². The fraction of sp³-hybridized carbons (Fsp3) is 0.800. The normalized spacial score (nSPS) is 42.0. The van der Waals surface area contributed by atoms with E-state index in [2.05, 4.69) is 25.9 Å². The summed E-state index contributed by atoms with van der Waals surface area (Å²) in [4.78, 5) is 23.7. The summed E-state index contributed by atoms with van der Waals surface area (Å²) in [5.74, 6) is 2.66. The monoisotopic (exact) mass is 412 g/mol. The molecule has 0 unspecified atom stereocenters. The van der Waals surface area contributed by atoms with Gasteiger partial charge in [0.15, 0.2) is 0 Å². The van der Waals surface area contributed by atoms with Crippen molar-refractivity contribution in [3.05, 3.63) is 17.0 Å². The SMILES string of the molecule is CC(=O)O[C@H]1CC[C@@]2(C)[C@H](CC[C@H]3[C@@H]2CC[C@]2(C)c4c(C)nn(C(C)=O)c4C[C@@H]32)C1. The van der Waals surface area contributed by atoms with E-state index in [1.807, 2.05) is 0 Å². The van der Waals surface area contributed by atoms with Crippen LogP contribution in [0.5, 0.6) is 0 Å². The van der Waals surface area contributed by atoms with Crippen molar-refractivity contribution in [2.24, 2.45) is 29.1 Å². The van der Waals surface area contributed by atoms with E-state index in [0.29, 0.717) is 17.3 Å². The molecule has 3 fully saturated rings. The number of nitrogens with zero attached hydrogens (tertiary/aromatic N) is 2. The molecule has 0 saturated heterocycles. The molecule has 4 aliphatic rings. The predicted octanol–water partition coefficient (Wildman–Crippen LogP) is 4.84. The van der Waals surface area contributed by atoms with Gasteiger partial charge in [-0.05, 0) is 92.8 Å². The minimum Gasteiger partial charge on any atom is -0.463 e. The van der Waals surface area contributed by atoms with E-state index in [1.165, 1.54) is 50.3 Å². The lowest BCUT2D eigenvalue weighted by Gasteiger charge is -2.60. The summed E-state index contributed by atoms with van der Waals surface area (Å²) < 4.78 is 7.30. The van der Waals surface area contributed by atoms with Gasteiger partial charge in [-0.1, -0.05) is 13.8 Å². The molecule has 5 rings (SSSR count). The second kappa shape index (κ2) is 6.67. The average Bonchev–Trinajstić information content (AvgIpc) is 3.16. The van der Waals surface area contributed by atoms with Crippen LogP contribution in [0.4, 0.5) is 0 Å². The highest BCUT2D eigenvalue weighted by Gasteiger charge is 2.60. The van der Waals surface area contributed by atoms with Gasteiger partial charge in [-0.15, -0.1) is 0 Å². The molecular weight excluding hydrogens is 376 g/mol. The summed E-state index contributed by atoms with van der Waals surface area (Å²) in [6.45, 7) is 10.2. The van der Waals surface area contributed by atoms with Crippen LogP contribution in [0.25, 0.3) is 0 Å². The van der Waals surface area contributed by atoms with E-state index in [4.69, 9.17) is 4.74 Å². The Balaban J connectivity index is 1.43. The Bertz CT molecular complexity index is 904. The minimum atomic E-state index is -0.135. The Morgan fingerprint density at radius 2 is 1.83 bits per heavy atom. The predicted molar refractivity (Wildman–Crippen MR) is 114 cm³/mol. The number of aromatic nitrogens is 2. The van der Waals surface area contributed by atoms with Crippen LogP contribution in [0.3, 0.4) is 0 Å². The lowest BCUT2D eigenvalue weighted by molar-refractivity contribution is -0.157. The fourth-order valence-corrected chi connectivity index (χ4v) is 8.54. The van der Waals surface area contributed by atoms with Gasteiger partial charge in [0, 0.05) is 19.4 Å². The summed E-state index contributed by atoms with van der Waals surface area (Å²) in [5, 5.41) is 4.61. The molecule has 1 aromatic rings. The molecule has 0 aliphatic heterocycles. The fourth-order valence-electron chi connectivity index (χ4n) is 8.54. The highest BCUT2D eigenvalue weighted by atomic mass is 16.5. The van der Waals surface area contributed by atoms with Gasteiger partial charge in [-0.2, -0.15) is 5.10 Å². The van der Waals surface area contributed by atoms with Crippen LogP contribution in [-0.4, -0.2) is 27.8 Å². The third-order valence-electron chi connectivity index (χ3n) is 9.78. The summed E-state index contributed by atoms with van der Waals surface area (Å²) in [6, 6.07) is 0. The van der Waals surface area contributed by atoms with Crippen molar-refractivity contribution in [1.29, 1.82) is 0 Å². The first-order valence-corrected chi connectivity index (χ1v) is 11.9. The molecule has 3 saturated carbocycles. The van der Waals surface area contributed by atoms with Crippen molar-refractivity contribution in [2.75, 3.05) is 0 Å². The van der Waals surface area contributed by atoms with Crippen LogP contribution in [0.2, 0.25) is 0 Å². The van der Waals surface area contributed by atoms with Crippen LogP contribution in [-0.2, 0) is 21.4 Å². The topological polar surface area (TPSA) is 61.2 Å². The molecule has 5 nitrogen and oxygen atoms in total. The number of carbonyl (C=O) groups excluding carboxylic acids is 2. The molecule has 7 atom stereocenters. The lowest BCUT2D eigenvalue weighted by Crippen LogP contribution is -2.54. The minimum absolute atomic E-state index is 0.0395. The number of rotatable bonds is 1. The summed E-state index contributed by atoms with van der Waals surface area (Å²) in [6.07, 6.45) is 9.34. The molecule has 164 valence electrons. The number of esters is 1. The van der Waals surface area contributed by atoms with Gasteiger partial charge in [-0.25, -0.2) is 4.68 Å². The summed E-state index contributed by atoms with van der Waals surface area (Å²) in [5.41, 5.74) is 4.15. The van der Waals surface area contributed by atoms with E-state index in [9.17, 15) is 9.59 Å². The lowest BCUT2D eigenvalue weighted by atomic mass is 9.45. The van der Waals surface area contributed by atoms with Gasteiger partial charge in [-0.3, -0.25) is 9.59 Å². The highest BCUT2D eigenvalue weighted by molar-refractivity contribution is 5.77. The van der Waals surface area contributed by atoms with E-state index < -0.39 is 0 Å². The number of fused-ring (bicyclic) bond motifs is 7. The van der Waals surface area contributed by atoms with Gasteiger partial charge < -0.3 is 4.74 Å². The molecule has 1 heterocycles. The zero-order valence-corrected chi connectivity index (χ0v) is 19.2. The first kappa shape index (κ1) is 20.3. The van der Waals surface area contributed by atoms with E-state index >= 15 is 0 Å². The smallest absolute Gasteiger partial charge is 0.302 e. The molecule has 5 heteroatoms. The quantitative estimate of drug-likeness (QED) is 0.619. The Morgan fingerprint density at radius 1 is 1.07 bits per heavy atom. The number of hydrogen-bond donors (Lipinski definition) is 0. The first-order chi connectivity index (χ1) is 14.1. The summed E-state index contributed by atoms with van der Waals surface area (Å²) >= 11 is 0. The van der Waals surface area contributed by atoms with Gasteiger partial charge in [0.2, 0.25) is 5.91 Å². The van der Waals surface area contributed by atoms with Gasteiger partial charge in [0.1, 0.15) is 6.10 Å². The van der Waals surface area contributed by atoms with Crippen LogP contribution < -0.4 is 0 Å². The van der Waals surface area contributed by atoms with Crippen molar-refractivity contribution in [2.45, 2.75) is 97.5 Å². The van der Waals surface area contributed by atoms with Crippen molar-refractivity contribution in [3.63, 3.8) is 0 Å². The molecule has 0 aromatic carbocycles. The van der Waals surface area contributed by atoms with Crippen LogP contribution in [0, 0.1) is 36.0 Å². The van der Waals surface area contributed by atoms with Gasteiger partial charge in [0.05, 0.1) is 11.4 Å². The standard InChI is InChI=1S/C25H36N2O3/c1-14-23-22(27(26-14)15(2)28)13-21-19-7-6-17-12-18(30-16(3)29)8-10-24(17,4)20(19)9-11-25(21,23)5/h17-21H,6-13H2,1-5H3/t17-,18+,19+,20+,21+,24+,25+/m1/s1. The molecule has 4 aliphatic carbocycles. The first-order valence-electron chi connectivity index (χ1n) is 11.9. The molecule has 0 spiro atoms. The number of ether oxygens (including phenoxy) is 1. The average molecular weight is 413 g/mol. The third-order valence-corrected chi connectivity index (χ3v) is 9.78. The number of carbonyl (C=O) groups is 2. The molecule has 1 aromatic heterocycles. The molecule has 0 N–H and O–H groups in total. The molecule has 0 bridgehead atoms. The van der Waals surface area contributed by atoms with E-state index in [0.717, 1.165) is 36.8 Å². The Labute approximate surface area is 179 Å². The maximum atomic E-state index is 12.2. The second-order valence-electron chi connectivity index (χ2n) is 11.2. The zero-order valence-electron chi connectivity index (χ0n) is 19.2. The molecular formula is C25H36N2O3. The highest BCUT2D eigenvalue weighted by Crippen LogP contribution is 2.66. The summed E-state index contributed by atoms with van der Waals surface area (Å²) in [7, 11) is 0. The maximum Gasteiger partial charge on any atom is 0.302 e. The Kier molecular flexibility index (Phi) is 4.51. The Morgan fingerprint density at radius 3 is 2.53 bits per heavy atom. The van der Waals surface area contributed by atoms with Crippen molar-refractivity contribution < 1.29 is 14.3 Å². The molecule has 30 heavy (non-hydrogen) atoms. The second-order valence-corrected chi connectivity index (χ2v) is 11.2. The largest absolute Gasteiger partial charge is 0.463 e. The van der Waals surface area contributed by atoms with Gasteiger partial charge in [0.25, 0.3) is 0 Å². The number of hydrogen-bond acceptors (Lipinski definition) is 4. The third kappa shape index (κ3) is 2.69. The maximum absolute atomic E-state index is 12.2. The number of aryl methyl sites for hydroxylation is 1. The van der Waals surface area contributed by atoms with E-state index in [-0.39, 0.29) is 23.4 Å². The van der Waals surface area contributed by atoms with Crippen LogP contribution in [0.1, 0.15) is 94.4 Å². The van der Waals surface area contributed by atoms with Crippen molar-refractivity contribution in [3.8, 4) is 0 Å². The van der Waals surface area contributed by atoms with E-state index in [1.54, 1.807) is 11.6 Å². The van der Waals surface area contributed by atoms with Crippen LogP contribution in [0.15, 0.2) is 0 Å². The zero-order chi connectivity index (χ0) is 21.4. The Hall–Kier alpha value is -1.65.